The molecule has 1 aromatic carbocycles. The van der Waals surface area contributed by atoms with Crippen molar-refractivity contribution in [3.8, 4) is 5.75 Å². The lowest BCUT2D eigenvalue weighted by Gasteiger charge is -2.12. The number of methoxy groups -OCH3 is 1. The van der Waals surface area contributed by atoms with Gasteiger partial charge in [0.15, 0.2) is 0 Å². The highest BCUT2D eigenvalue weighted by atomic mass is 16.5. The average molecular weight is 246 g/mol. The van der Waals surface area contributed by atoms with Crippen LogP contribution in [0, 0.1) is 6.92 Å². The highest BCUT2D eigenvalue weighted by Crippen LogP contribution is 2.26. The van der Waals surface area contributed by atoms with Gasteiger partial charge in [0, 0.05) is 29.4 Å². The Bertz CT molecular complexity index is 553. The summed E-state index contributed by atoms with van der Waals surface area (Å²) in [6.07, 6.45) is -0.383. The number of nitrogens with zero attached hydrogens (tertiary/aromatic N) is 1. The predicted octanol–water partition coefficient (Wildman–Crippen LogP) is 2.34. The molecule has 1 heterocycles. The second-order valence-electron chi connectivity index (χ2n) is 4.42. The molecule has 0 saturated heterocycles. The Balaban J connectivity index is 2.45. The van der Waals surface area contributed by atoms with Gasteiger partial charge in [-0.25, -0.2) is 0 Å². The zero-order valence-electron chi connectivity index (χ0n) is 10.9. The van der Waals surface area contributed by atoms with Gasteiger partial charge in [-0.3, -0.25) is 4.98 Å². The van der Waals surface area contributed by atoms with Crippen LogP contribution in [0.15, 0.2) is 24.3 Å². The lowest BCUT2D eigenvalue weighted by Crippen LogP contribution is -2.15. The number of anilines is 1. The molecule has 0 aliphatic heterocycles. The van der Waals surface area contributed by atoms with Crippen molar-refractivity contribution in [2.75, 3.05) is 19.0 Å². The molecule has 2 N–H and O–H groups in total. The zero-order chi connectivity index (χ0) is 13.1. The summed E-state index contributed by atoms with van der Waals surface area (Å²) < 4.78 is 5.20. The first-order chi connectivity index (χ1) is 8.60. The number of rotatable bonds is 4. The van der Waals surface area contributed by atoms with E-state index >= 15 is 0 Å². The molecule has 4 nitrogen and oxygen atoms in total. The van der Waals surface area contributed by atoms with Gasteiger partial charge in [-0.2, -0.15) is 0 Å². The monoisotopic (exact) mass is 246 g/mol. The van der Waals surface area contributed by atoms with E-state index in [0.29, 0.717) is 6.54 Å². The Morgan fingerprint density at radius 3 is 2.83 bits per heavy atom. The van der Waals surface area contributed by atoms with Crippen LogP contribution >= 0.6 is 0 Å². The van der Waals surface area contributed by atoms with E-state index in [4.69, 9.17) is 4.74 Å². The van der Waals surface area contributed by atoms with Gasteiger partial charge in [-0.1, -0.05) is 0 Å². The van der Waals surface area contributed by atoms with E-state index in [1.54, 1.807) is 14.0 Å². The average Bonchev–Trinajstić information content (AvgIpc) is 2.34. The largest absolute Gasteiger partial charge is 0.497 e. The van der Waals surface area contributed by atoms with Gasteiger partial charge in [-0.05, 0) is 32.0 Å². The van der Waals surface area contributed by atoms with Gasteiger partial charge in [0.05, 0.1) is 18.7 Å². The summed E-state index contributed by atoms with van der Waals surface area (Å²) in [7, 11) is 1.64. The van der Waals surface area contributed by atoms with Gasteiger partial charge < -0.3 is 15.2 Å². The van der Waals surface area contributed by atoms with Crippen molar-refractivity contribution in [3.05, 3.63) is 30.0 Å². The molecule has 96 valence electrons. The van der Waals surface area contributed by atoms with E-state index in [-0.39, 0.29) is 6.10 Å². The predicted molar refractivity (Wildman–Crippen MR) is 73.2 cm³/mol. The summed E-state index contributed by atoms with van der Waals surface area (Å²) in [6.45, 7) is 4.23. The van der Waals surface area contributed by atoms with E-state index in [1.165, 1.54) is 0 Å². The van der Waals surface area contributed by atoms with Crippen molar-refractivity contribution in [1.29, 1.82) is 0 Å². The molecule has 2 aromatic rings. The van der Waals surface area contributed by atoms with Crippen molar-refractivity contribution >= 4 is 16.6 Å². The SMILES string of the molecule is COc1ccc2c(NCC(C)O)cc(C)nc2c1. The third-order valence-corrected chi connectivity index (χ3v) is 2.73. The molecule has 1 aromatic heterocycles. The van der Waals surface area contributed by atoms with Crippen molar-refractivity contribution in [1.82, 2.24) is 4.98 Å². The lowest BCUT2D eigenvalue weighted by molar-refractivity contribution is 0.208. The first-order valence-electron chi connectivity index (χ1n) is 5.97. The van der Waals surface area contributed by atoms with E-state index in [9.17, 15) is 5.11 Å². The number of aromatic nitrogens is 1. The molecule has 0 spiro atoms. The van der Waals surface area contributed by atoms with Crippen LogP contribution in [0.2, 0.25) is 0 Å². The van der Waals surface area contributed by atoms with Gasteiger partial charge >= 0.3 is 0 Å². The Morgan fingerprint density at radius 1 is 1.39 bits per heavy atom. The van der Waals surface area contributed by atoms with Gasteiger partial charge in [0.2, 0.25) is 0 Å². The van der Waals surface area contributed by atoms with E-state index in [2.05, 4.69) is 10.3 Å². The molecule has 1 unspecified atom stereocenters. The molecule has 2 rings (SSSR count). The molecule has 0 aliphatic rings. The van der Waals surface area contributed by atoms with Crippen LogP contribution in [0.25, 0.3) is 10.9 Å². The van der Waals surface area contributed by atoms with Gasteiger partial charge in [-0.15, -0.1) is 0 Å². The molecular weight excluding hydrogens is 228 g/mol. The number of aliphatic hydroxyl groups is 1. The second kappa shape index (κ2) is 5.23. The van der Waals surface area contributed by atoms with Crippen LogP contribution in [0.5, 0.6) is 5.75 Å². The minimum Gasteiger partial charge on any atom is -0.497 e. The fraction of sp³-hybridized carbons (Fsp3) is 0.357. The quantitative estimate of drug-likeness (QED) is 0.869. The highest BCUT2D eigenvalue weighted by molar-refractivity contribution is 5.92. The first-order valence-corrected chi connectivity index (χ1v) is 5.97. The standard InChI is InChI=1S/C14H18N2O2/c1-9-6-13(15-8-10(2)17)12-5-4-11(18-3)7-14(12)16-9/h4-7,10,17H,8H2,1-3H3,(H,15,16). The summed E-state index contributed by atoms with van der Waals surface area (Å²) in [5.74, 6) is 0.794. The third kappa shape index (κ3) is 2.71. The van der Waals surface area contributed by atoms with Crippen molar-refractivity contribution in [2.45, 2.75) is 20.0 Å². The number of hydrogen-bond donors (Lipinski definition) is 2. The van der Waals surface area contributed by atoms with Crippen molar-refractivity contribution < 1.29 is 9.84 Å². The number of hydrogen-bond acceptors (Lipinski definition) is 4. The zero-order valence-corrected chi connectivity index (χ0v) is 10.9. The third-order valence-electron chi connectivity index (χ3n) is 2.73. The number of aliphatic hydroxyl groups excluding tert-OH is 1. The number of benzene rings is 1. The Hall–Kier alpha value is -1.81. The normalized spacial score (nSPS) is 12.4. The van der Waals surface area contributed by atoms with Crippen molar-refractivity contribution in [2.24, 2.45) is 0 Å². The van der Waals surface area contributed by atoms with Gasteiger partial charge in [0.1, 0.15) is 5.75 Å². The first kappa shape index (κ1) is 12.6. The molecule has 0 bridgehead atoms. The van der Waals surface area contributed by atoms with Crippen LogP contribution in [0.1, 0.15) is 12.6 Å². The van der Waals surface area contributed by atoms with Crippen LogP contribution in [-0.4, -0.2) is 29.8 Å². The fourth-order valence-electron chi connectivity index (χ4n) is 1.87. The molecule has 4 heteroatoms. The molecule has 0 radical (unpaired) electrons. The Labute approximate surface area is 107 Å². The molecule has 0 fully saturated rings. The molecule has 1 atom stereocenters. The lowest BCUT2D eigenvalue weighted by atomic mass is 10.1. The van der Waals surface area contributed by atoms with E-state index < -0.39 is 0 Å². The Morgan fingerprint density at radius 2 is 2.17 bits per heavy atom. The fourth-order valence-corrected chi connectivity index (χ4v) is 1.87. The minimum atomic E-state index is -0.383. The second-order valence-corrected chi connectivity index (χ2v) is 4.42. The van der Waals surface area contributed by atoms with E-state index in [1.807, 2.05) is 31.2 Å². The Kier molecular flexibility index (Phi) is 3.67. The maximum Gasteiger partial charge on any atom is 0.121 e. The summed E-state index contributed by atoms with van der Waals surface area (Å²) in [5.41, 5.74) is 2.81. The highest BCUT2D eigenvalue weighted by Gasteiger charge is 2.06. The molecule has 0 aliphatic carbocycles. The summed E-state index contributed by atoms with van der Waals surface area (Å²) in [4.78, 5) is 4.49. The number of nitrogens with one attached hydrogen (secondary N) is 1. The maximum atomic E-state index is 9.34. The number of ether oxygens (including phenoxy) is 1. The van der Waals surface area contributed by atoms with Crippen LogP contribution in [-0.2, 0) is 0 Å². The smallest absolute Gasteiger partial charge is 0.121 e. The van der Waals surface area contributed by atoms with E-state index in [0.717, 1.165) is 28.0 Å². The minimum absolute atomic E-state index is 0.383. The summed E-state index contributed by atoms with van der Waals surface area (Å²) in [5, 5.41) is 13.6. The number of pyridine rings is 1. The van der Waals surface area contributed by atoms with Crippen LogP contribution < -0.4 is 10.1 Å². The topological polar surface area (TPSA) is 54.4 Å². The summed E-state index contributed by atoms with van der Waals surface area (Å²) in [6, 6.07) is 7.78. The maximum absolute atomic E-state index is 9.34. The van der Waals surface area contributed by atoms with Crippen LogP contribution in [0.3, 0.4) is 0 Å². The van der Waals surface area contributed by atoms with Crippen LogP contribution in [0.4, 0.5) is 5.69 Å². The molecule has 0 saturated carbocycles. The summed E-state index contributed by atoms with van der Waals surface area (Å²) >= 11 is 0. The molecule has 0 amide bonds. The molecule has 18 heavy (non-hydrogen) atoms. The van der Waals surface area contributed by atoms with Crippen molar-refractivity contribution in [3.63, 3.8) is 0 Å². The number of fused-ring (bicyclic) bond motifs is 1. The van der Waals surface area contributed by atoms with Gasteiger partial charge in [0.25, 0.3) is 0 Å². The number of aryl methyl sites for hydroxylation is 1. The molecular formula is C14H18N2O2.